The number of aryl methyl sites for hydroxylation is 1. The van der Waals surface area contributed by atoms with Crippen molar-refractivity contribution in [3.63, 3.8) is 0 Å². The van der Waals surface area contributed by atoms with Crippen molar-refractivity contribution in [2.75, 3.05) is 26.2 Å². The maximum absolute atomic E-state index is 12.9. The zero-order valence-corrected chi connectivity index (χ0v) is 16.2. The van der Waals surface area contributed by atoms with Gasteiger partial charge in [-0.05, 0) is 43.7 Å². The summed E-state index contributed by atoms with van der Waals surface area (Å²) in [5, 5.41) is 0. The standard InChI is InChI=1S/C22H24N2O4/c1-16-7-9-18(10-8-16)21(26)23-11-4-12-24(14-13-23)22(27)19-5-3-6-20(15-19)28-17(2)25/h3,5-10,15H,4,11-14H2,1-2H3. The molecule has 6 heteroatoms. The summed E-state index contributed by atoms with van der Waals surface area (Å²) in [7, 11) is 0. The SMILES string of the molecule is CC(=O)Oc1cccc(C(=O)N2CCCN(C(=O)c3ccc(C)cc3)CC2)c1. The maximum Gasteiger partial charge on any atom is 0.308 e. The third-order valence-corrected chi connectivity index (χ3v) is 4.71. The number of amides is 2. The Morgan fingerprint density at radius 1 is 0.821 bits per heavy atom. The molecule has 1 aliphatic rings. The van der Waals surface area contributed by atoms with Crippen LogP contribution in [0.3, 0.4) is 0 Å². The smallest absolute Gasteiger partial charge is 0.308 e. The first-order chi connectivity index (χ1) is 13.4. The van der Waals surface area contributed by atoms with E-state index in [0.717, 1.165) is 5.56 Å². The van der Waals surface area contributed by atoms with Crippen LogP contribution in [0.15, 0.2) is 48.5 Å². The highest BCUT2D eigenvalue weighted by Crippen LogP contribution is 2.17. The van der Waals surface area contributed by atoms with Crippen LogP contribution in [0.5, 0.6) is 5.75 Å². The quantitative estimate of drug-likeness (QED) is 0.607. The molecule has 6 nitrogen and oxygen atoms in total. The first kappa shape index (κ1) is 19.6. The van der Waals surface area contributed by atoms with Gasteiger partial charge in [0.05, 0.1) is 0 Å². The lowest BCUT2D eigenvalue weighted by Gasteiger charge is -2.22. The molecule has 0 aliphatic carbocycles. The molecule has 0 atom stereocenters. The van der Waals surface area contributed by atoms with Crippen LogP contribution < -0.4 is 4.74 Å². The van der Waals surface area contributed by atoms with Gasteiger partial charge in [-0.2, -0.15) is 0 Å². The van der Waals surface area contributed by atoms with Crippen molar-refractivity contribution in [1.29, 1.82) is 0 Å². The Hall–Kier alpha value is -3.15. The third-order valence-electron chi connectivity index (χ3n) is 4.71. The van der Waals surface area contributed by atoms with Gasteiger partial charge in [0.15, 0.2) is 0 Å². The van der Waals surface area contributed by atoms with E-state index in [1.165, 1.54) is 6.92 Å². The molecule has 28 heavy (non-hydrogen) atoms. The predicted octanol–water partition coefficient (Wildman–Crippen LogP) is 2.91. The number of carbonyl (C=O) groups is 3. The van der Waals surface area contributed by atoms with Gasteiger partial charge in [-0.3, -0.25) is 14.4 Å². The van der Waals surface area contributed by atoms with Crippen LogP contribution in [0.25, 0.3) is 0 Å². The fourth-order valence-electron chi connectivity index (χ4n) is 3.24. The van der Waals surface area contributed by atoms with E-state index in [9.17, 15) is 14.4 Å². The summed E-state index contributed by atoms with van der Waals surface area (Å²) in [6.45, 7) is 5.46. The molecule has 2 amide bonds. The van der Waals surface area contributed by atoms with Crippen LogP contribution in [-0.4, -0.2) is 53.8 Å². The highest BCUT2D eigenvalue weighted by molar-refractivity contribution is 5.95. The third kappa shape index (κ3) is 4.76. The molecule has 146 valence electrons. The highest BCUT2D eigenvalue weighted by atomic mass is 16.5. The molecular formula is C22H24N2O4. The zero-order valence-electron chi connectivity index (χ0n) is 16.2. The van der Waals surface area contributed by atoms with Gasteiger partial charge >= 0.3 is 5.97 Å². The lowest BCUT2D eigenvalue weighted by Crippen LogP contribution is -2.37. The summed E-state index contributed by atoms with van der Waals surface area (Å²) < 4.78 is 5.06. The number of hydrogen-bond donors (Lipinski definition) is 0. The molecule has 1 aliphatic heterocycles. The number of hydrogen-bond acceptors (Lipinski definition) is 4. The lowest BCUT2D eigenvalue weighted by atomic mass is 10.1. The van der Waals surface area contributed by atoms with E-state index < -0.39 is 5.97 Å². The summed E-state index contributed by atoms with van der Waals surface area (Å²) in [4.78, 5) is 40.3. The van der Waals surface area contributed by atoms with E-state index >= 15 is 0 Å². The molecular weight excluding hydrogens is 356 g/mol. The summed E-state index contributed by atoms with van der Waals surface area (Å²) in [6.07, 6.45) is 0.715. The lowest BCUT2D eigenvalue weighted by molar-refractivity contribution is -0.131. The van der Waals surface area contributed by atoms with Gasteiger partial charge in [0.2, 0.25) is 0 Å². The van der Waals surface area contributed by atoms with Crippen LogP contribution in [-0.2, 0) is 4.79 Å². The van der Waals surface area contributed by atoms with Crippen molar-refractivity contribution < 1.29 is 19.1 Å². The Labute approximate surface area is 164 Å². The summed E-state index contributed by atoms with van der Waals surface area (Å²) in [6, 6.07) is 14.1. The molecule has 1 heterocycles. The Kier molecular flexibility index (Phi) is 6.09. The molecule has 0 spiro atoms. The fraction of sp³-hybridized carbons (Fsp3) is 0.318. The van der Waals surface area contributed by atoms with Gasteiger partial charge in [0.25, 0.3) is 11.8 Å². The number of benzene rings is 2. The van der Waals surface area contributed by atoms with E-state index in [4.69, 9.17) is 4.74 Å². The van der Waals surface area contributed by atoms with Crippen molar-refractivity contribution in [2.24, 2.45) is 0 Å². The largest absolute Gasteiger partial charge is 0.427 e. The Balaban J connectivity index is 1.66. The van der Waals surface area contributed by atoms with E-state index in [0.29, 0.717) is 49.5 Å². The molecule has 0 N–H and O–H groups in total. The monoisotopic (exact) mass is 380 g/mol. The van der Waals surface area contributed by atoms with Gasteiger partial charge in [-0.25, -0.2) is 0 Å². The first-order valence-corrected chi connectivity index (χ1v) is 9.38. The molecule has 0 radical (unpaired) electrons. The number of rotatable bonds is 3. The van der Waals surface area contributed by atoms with Crippen molar-refractivity contribution >= 4 is 17.8 Å². The topological polar surface area (TPSA) is 66.9 Å². The minimum atomic E-state index is -0.426. The van der Waals surface area contributed by atoms with Crippen LogP contribution >= 0.6 is 0 Å². The first-order valence-electron chi connectivity index (χ1n) is 9.38. The second-order valence-corrected chi connectivity index (χ2v) is 6.93. The molecule has 1 saturated heterocycles. The molecule has 0 bridgehead atoms. The maximum atomic E-state index is 12.9. The molecule has 0 saturated carbocycles. The van der Waals surface area contributed by atoms with Crippen LogP contribution in [0.1, 0.15) is 39.6 Å². The molecule has 3 rings (SSSR count). The molecule has 2 aromatic carbocycles. The highest BCUT2D eigenvalue weighted by Gasteiger charge is 2.23. The van der Waals surface area contributed by atoms with Gasteiger partial charge in [-0.15, -0.1) is 0 Å². The zero-order chi connectivity index (χ0) is 20.1. The predicted molar refractivity (Wildman–Crippen MR) is 105 cm³/mol. The number of carbonyl (C=O) groups excluding carboxylic acids is 3. The minimum absolute atomic E-state index is 0.00819. The Bertz CT molecular complexity index is 876. The van der Waals surface area contributed by atoms with E-state index in [-0.39, 0.29) is 11.8 Å². The van der Waals surface area contributed by atoms with Gasteiger partial charge in [0.1, 0.15) is 5.75 Å². The van der Waals surface area contributed by atoms with Crippen molar-refractivity contribution in [3.8, 4) is 5.75 Å². The van der Waals surface area contributed by atoms with E-state index in [2.05, 4.69) is 0 Å². The summed E-state index contributed by atoms with van der Waals surface area (Å²) in [5.74, 6) is -0.209. The van der Waals surface area contributed by atoms with Crippen molar-refractivity contribution in [1.82, 2.24) is 9.80 Å². The number of nitrogens with zero attached hydrogens (tertiary/aromatic N) is 2. The van der Waals surface area contributed by atoms with Crippen molar-refractivity contribution in [2.45, 2.75) is 20.3 Å². The summed E-state index contributed by atoms with van der Waals surface area (Å²) >= 11 is 0. The summed E-state index contributed by atoms with van der Waals surface area (Å²) in [5.41, 5.74) is 2.25. The minimum Gasteiger partial charge on any atom is -0.427 e. The van der Waals surface area contributed by atoms with Crippen LogP contribution in [0.4, 0.5) is 0 Å². The number of ether oxygens (including phenoxy) is 1. The van der Waals surface area contributed by atoms with Gasteiger partial charge < -0.3 is 14.5 Å². The van der Waals surface area contributed by atoms with E-state index in [1.54, 1.807) is 34.1 Å². The molecule has 1 fully saturated rings. The fourth-order valence-corrected chi connectivity index (χ4v) is 3.24. The second-order valence-electron chi connectivity index (χ2n) is 6.93. The average Bonchev–Trinajstić information content (AvgIpc) is 2.93. The molecule has 2 aromatic rings. The van der Waals surface area contributed by atoms with Gasteiger partial charge in [-0.1, -0.05) is 23.8 Å². The normalized spacial score (nSPS) is 14.4. The van der Waals surface area contributed by atoms with E-state index in [1.807, 2.05) is 31.2 Å². The second kappa shape index (κ2) is 8.69. The molecule has 0 unspecified atom stereocenters. The molecule has 0 aromatic heterocycles. The number of esters is 1. The van der Waals surface area contributed by atoms with Crippen LogP contribution in [0, 0.1) is 6.92 Å². The average molecular weight is 380 g/mol. The van der Waals surface area contributed by atoms with Gasteiger partial charge in [0, 0.05) is 44.2 Å². The van der Waals surface area contributed by atoms with Crippen molar-refractivity contribution in [3.05, 3.63) is 65.2 Å². The Morgan fingerprint density at radius 2 is 1.43 bits per heavy atom. The van der Waals surface area contributed by atoms with Crippen LogP contribution in [0.2, 0.25) is 0 Å². The Morgan fingerprint density at radius 3 is 2.04 bits per heavy atom.